The summed E-state index contributed by atoms with van der Waals surface area (Å²) in [5.41, 5.74) is 0.683. The number of fused-ring (bicyclic) bond motifs is 1. The van der Waals surface area contributed by atoms with Crippen molar-refractivity contribution in [3.8, 4) is 0 Å². The highest BCUT2D eigenvalue weighted by Gasteiger charge is 2.30. The Kier molecular flexibility index (Phi) is 6.32. The highest BCUT2D eigenvalue weighted by Crippen LogP contribution is 2.27. The zero-order valence-corrected chi connectivity index (χ0v) is 19.0. The van der Waals surface area contributed by atoms with Gasteiger partial charge in [0, 0.05) is 24.2 Å². The quantitative estimate of drug-likeness (QED) is 0.525. The molecule has 8 nitrogen and oxygen atoms in total. The van der Waals surface area contributed by atoms with E-state index in [1.807, 2.05) is 0 Å². The maximum atomic E-state index is 13.0. The Hall–Kier alpha value is -2.75. The maximum absolute atomic E-state index is 13.0. The van der Waals surface area contributed by atoms with E-state index in [2.05, 4.69) is 4.98 Å². The number of ether oxygens (including phenoxy) is 1. The van der Waals surface area contributed by atoms with Crippen LogP contribution in [0.3, 0.4) is 0 Å². The molecule has 1 saturated heterocycles. The molecule has 0 amide bonds. The Morgan fingerprint density at radius 1 is 1.16 bits per heavy atom. The monoisotopic (exact) mass is 475 g/mol. The van der Waals surface area contributed by atoms with Crippen molar-refractivity contribution in [2.75, 3.05) is 19.7 Å². The molecule has 1 aromatic heterocycles. The van der Waals surface area contributed by atoms with E-state index in [1.165, 1.54) is 34.9 Å². The lowest BCUT2D eigenvalue weighted by Gasteiger charge is -2.32. The van der Waals surface area contributed by atoms with Gasteiger partial charge in [0.05, 0.1) is 34.3 Å². The first-order valence-corrected chi connectivity index (χ1v) is 12.1. The first-order valence-electron chi connectivity index (χ1n) is 10.2. The molecule has 2 heterocycles. The molecule has 0 spiro atoms. The van der Waals surface area contributed by atoms with Gasteiger partial charge in [-0.05, 0) is 62.2 Å². The van der Waals surface area contributed by atoms with E-state index in [1.54, 1.807) is 29.7 Å². The van der Waals surface area contributed by atoms with Crippen LogP contribution in [0, 0.1) is 0 Å². The molecular weight excluding hydrogens is 454 g/mol. The summed E-state index contributed by atoms with van der Waals surface area (Å²) in [6, 6.07) is 10.5. The van der Waals surface area contributed by atoms with Crippen molar-refractivity contribution < 1.29 is 17.9 Å². The van der Waals surface area contributed by atoms with Gasteiger partial charge in [0.15, 0.2) is 0 Å². The van der Waals surface area contributed by atoms with E-state index in [0.717, 1.165) is 0 Å². The largest absolute Gasteiger partial charge is 0.462 e. The van der Waals surface area contributed by atoms with E-state index in [9.17, 15) is 18.0 Å². The topological polar surface area (TPSA) is 98.6 Å². The summed E-state index contributed by atoms with van der Waals surface area (Å²) in [4.78, 5) is 29.1. The standard InChI is InChI=1S/C22H22ClN3O5S/c1-2-31-22(28)15-3-6-18(7-4-15)32(29,30)25-11-9-17(10-12-25)26-14-24-20-8-5-16(23)13-19(20)21(26)27/h3-8,13-14,17H,2,9-12H2,1H3. The Bertz CT molecular complexity index is 1310. The zero-order valence-electron chi connectivity index (χ0n) is 17.4. The van der Waals surface area contributed by atoms with Gasteiger partial charge in [0.1, 0.15) is 0 Å². The highest BCUT2D eigenvalue weighted by atomic mass is 35.5. The average Bonchev–Trinajstić information content (AvgIpc) is 2.80. The van der Waals surface area contributed by atoms with Crippen molar-refractivity contribution in [3.05, 3.63) is 69.7 Å². The van der Waals surface area contributed by atoms with Crippen LogP contribution in [0.15, 0.2) is 58.5 Å². The Labute approximate surface area is 190 Å². The van der Waals surface area contributed by atoms with Gasteiger partial charge in [0.25, 0.3) is 5.56 Å². The fraction of sp³-hybridized carbons (Fsp3) is 0.318. The van der Waals surface area contributed by atoms with Crippen LogP contribution in [0.5, 0.6) is 0 Å². The molecule has 0 aliphatic carbocycles. The molecule has 2 aromatic carbocycles. The van der Waals surface area contributed by atoms with Gasteiger partial charge in [0.2, 0.25) is 10.0 Å². The van der Waals surface area contributed by atoms with Crippen molar-refractivity contribution in [2.45, 2.75) is 30.7 Å². The molecular formula is C22H22ClN3O5S. The lowest BCUT2D eigenvalue weighted by molar-refractivity contribution is 0.0526. The van der Waals surface area contributed by atoms with E-state index in [-0.39, 0.29) is 36.2 Å². The van der Waals surface area contributed by atoms with E-state index < -0.39 is 16.0 Å². The molecule has 168 valence electrons. The molecule has 0 saturated carbocycles. The number of esters is 1. The number of carbonyl (C=O) groups is 1. The maximum Gasteiger partial charge on any atom is 0.338 e. The molecule has 0 bridgehead atoms. The molecule has 3 aromatic rings. The summed E-state index contributed by atoms with van der Waals surface area (Å²) in [6.45, 7) is 2.49. The average molecular weight is 476 g/mol. The van der Waals surface area contributed by atoms with Gasteiger partial charge >= 0.3 is 5.97 Å². The number of rotatable bonds is 5. The van der Waals surface area contributed by atoms with Crippen molar-refractivity contribution in [1.29, 1.82) is 0 Å². The second kappa shape index (κ2) is 9.01. The lowest BCUT2D eigenvalue weighted by Crippen LogP contribution is -2.40. The third-order valence-corrected chi connectivity index (χ3v) is 7.71. The van der Waals surface area contributed by atoms with Crippen molar-refractivity contribution in [2.24, 2.45) is 0 Å². The number of sulfonamides is 1. The van der Waals surface area contributed by atoms with E-state index in [4.69, 9.17) is 16.3 Å². The smallest absolute Gasteiger partial charge is 0.338 e. The van der Waals surface area contributed by atoms with Crippen LogP contribution in [0.1, 0.15) is 36.2 Å². The van der Waals surface area contributed by atoms with Gasteiger partial charge in [-0.25, -0.2) is 18.2 Å². The van der Waals surface area contributed by atoms with E-state index >= 15 is 0 Å². The minimum atomic E-state index is -3.71. The predicted molar refractivity (Wildman–Crippen MR) is 120 cm³/mol. The number of nitrogens with zero attached hydrogens (tertiary/aromatic N) is 3. The van der Waals surface area contributed by atoms with Crippen LogP contribution in [0.25, 0.3) is 10.9 Å². The molecule has 1 aliphatic heterocycles. The van der Waals surface area contributed by atoms with Gasteiger partial charge in [-0.1, -0.05) is 11.6 Å². The minimum Gasteiger partial charge on any atom is -0.462 e. The number of hydrogen-bond donors (Lipinski definition) is 0. The van der Waals surface area contributed by atoms with Crippen LogP contribution in [0.4, 0.5) is 0 Å². The molecule has 4 rings (SSSR count). The molecule has 0 N–H and O–H groups in total. The second-order valence-corrected chi connectivity index (χ2v) is 9.87. The fourth-order valence-corrected chi connectivity index (χ4v) is 5.50. The number of benzene rings is 2. The lowest BCUT2D eigenvalue weighted by atomic mass is 10.1. The summed E-state index contributed by atoms with van der Waals surface area (Å²) < 4.78 is 34.0. The van der Waals surface area contributed by atoms with E-state index in [0.29, 0.717) is 34.3 Å². The summed E-state index contributed by atoms with van der Waals surface area (Å²) in [5.74, 6) is -0.493. The van der Waals surface area contributed by atoms with Crippen LogP contribution < -0.4 is 5.56 Å². The van der Waals surface area contributed by atoms with Crippen molar-refractivity contribution >= 4 is 38.5 Å². The zero-order chi connectivity index (χ0) is 22.9. The first kappa shape index (κ1) is 22.4. The Balaban J connectivity index is 1.50. The molecule has 0 unspecified atom stereocenters. The van der Waals surface area contributed by atoms with Crippen LogP contribution >= 0.6 is 11.6 Å². The van der Waals surface area contributed by atoms with Crippen LogP contribution in [0.2, 0.25) is 5.02 Å². The van der Waals surface area contributed by atoms with Gasteiger partial charge in [-0.3, -0.25) is 9.36 Å². The molecule has 1 fully saturated rings. The SMILES string of the molecule is CCOC(=O)c1ccc(S(=O)(=O)N2CCC(n3cnc4ccc(Cl)cc4c3=O)CC2)cc1. The summed E-state index contributed by atoms with van der Waals surface area (Å²) in [6.07, 6.45) is 2.48. The normalized spacial score (nSPS) is 15.7. The van der Waals surface area contributed by atoms with Crippen molar-refractivity contribution in [3.63, 3.8) is 0 Å². The number of halogens is 1. The molecule has 32 heavy (non-hydrogen) atoms. The summed E-state index contributed by atoms with van der Waals surface area (Å²) >= 11 is 6.02. The summed E-state index contributed by atoms with van der Waals surface area (Å²) in [5, 5.41) is 0.903. The van der Waals surface area contributed by atoms with Crippen molar-refractivity contribution in [1.82, 2.24) is 13.9 Å². The summed E-state index contributed by atoms with van der Waals surface area (Å²) in [7, 11) is -3.71. The minimum absolute atomic E-state index is 0.114. The third kappa shape index (κ3) is 4.28. The Morgan fingerprint density at radius 2 is 1.84 bits per heavy atom. The molecule has 0 atom stereocenters. The molecule has 1 aliphatic rings. The van der Waals surface area contributed by atoms with Crippen LogP contribution in [-0.4, -0.2) is 47.9 Å². The number of hydrogen-bond acceptors (Lipinski definition) is 6. The van der Waals surface area contributed by atoms with Gasteiger partial charge in [-0.15, -0.1) is 0 Å². The third-order valence-electron chi connectivity index (χ3n) is 5.56. The highest BCUT2D eigenvalue weighted by molar-refractivity contribution is 7.89. The first-order chi connectivity index (χ1) is 15.3. The van der Waals surface area contributed by atoms with Gasteiger partial charge in [-0.2, -0.15) is 4.31 Å². The number of carbonyl (C=O) groups excluding carboxylic acids is 1. The molecule has 10 heteroatoms. The van der Waals surface area contributed by atoms with Crippen LogP contribution in [-0.2, 0) is 14.8 Å². The molecule has 0 radical (unpaired) electrons. The number of aromatic nitrogens is 2. The van der Waals surface area contributed by atoms with Gasteiger partial charge < -0.3 is 4.74 Å². The second-order valence-electron chi connectivity index (χ2n) is 7.50. The Morgan fingerprint density at radius 3 is 2.50 bits per heavy atom. The number of piperidine rings is 1. The fourth-order valence-electron chi connectivity index (χ4n) is 3.86. The predicted octanol–water partition coefficient (Wildman–Crippen LogP) is 3.25.